The van der Waals surface area contributed by atoms with Gasteiger partial charge in [0.15, 0.2) is 0 Å². The first kappa shape index (κ1) is 25.4. The van der Waals surface area contributed by atoms with E-state index in [4.69, 9.17) is 16.3 Å². The number of carbonyl (C=O) groups is 2. The molecular formula is C28H20BrClN2O4S2. The summed E-state index contributed by atoms with van der Waals surface area (Å²) >= 11 is 12.2. The van der Waals surface area contributed by atoms with Gasteiger partial charge in [0.2, 0.25) is 11.8 Å². The minimum atomic E-state index is -0.727. The van der Waals surface area contributed by atoms with Gasteiger partial charge in [-0.3, -0.25) is 14.4 Å². The third-order valence-electron chi connectivity index (χ3n) is 6.86. The summed E-state index contributed by atoms with van der Waals surface area (Å²) in [5, 5.41) is 0.385. The standard InChI is InChI=1S/C28H20BrClN2O4S2/c1-14-4-2-3-5-15(14)13-36-20-11-8-17(30)12-19(20)21-22-24(37-25-23(21)38-28(35)31-25)27(34)32(26(22)33)18-9-6-16(29)7-10-18/h2-12,21-22,24H,13H2,1H3,(H,31,35). The van der Waals surface area contributed by atoms with Crippen LogP contribution >= 0.6 is 50.6 Å². The molecule has 0 radical (unpaired) electrons. The summed E-state index contributed by atoms with van der Waals surface area (Å²) in [5.41, 5.74) is 3.32. The largest absolute Gasteiger partial charge is 0.489 e. The molecule has 3 atom stereocenters. The zero-order valence-electron chi connectivity index (χ0n) is 19.9. The van der Waals surface area contributed by atoms with E-state index in [1.54, 1.807) is 42.5 Å². The lowest BCUT2D eigenvalue weighted by atomic mass is 9.82. The van der Waals surface area contributed by atoms with Crippen LogP contribution in [0.3, 0.4) is 0 Å². The predicted octanol–water partition coefficient (Wildman–Crippen LogP) is 6.54. The number of hydrogen-bond acceptors (Lipinski definition) is 6. The van der Waals surface area contributed by atoms with Gasteiger partial charge >= 0.3 is 4.87 Å². The van der Waals surface area contributed by atoms with Gasteiger partial charge in [-0.05, 0) is 60.5 Å². The fourth-order valence-electron chi connectivity index (χ4n) is 5.02. The summed E-state index contributed by atoms with van der Waals surface area (Å²) < 4.78 is 7.15. The highest BCUT2D eigenvalue weighted by atomic mass is 79.9. The highest BCUT2D eigenvalue weighted by molar-refractivity contribution is 9.10. The van der Waals surface area contributed by atoms with Crippen molar-refractivity contribution >= 4 is 68.1 Å². The normalized spacial score (nSPS) is 20.4. The second-order valence-electron chi connectivity index (χ2n) is 9.14. The minimum Gasteiger partial charge on any atom is -0.489 e. The number of H-pyrrole nitrogens is 1. The number of nitrogens with one attached hydrogen (secondary N) is 1. The van der Waals surface area contributed by atoms with Gasteiger partial charge in [-0.1, -0.05) is 74.9 Å². The summed E-state index contributed by atoms with van der Waals surface area (Å²) in [6.45, 7) is 2.35. The molecule has 3 unspecified atom stereocenters. The zero-order valence-corrected chi connectivity index (χ0v) is 23.9. The first-order chi connectivity index (χ1) is 18.3. The molecule has 0 aliphatic carbocycles. The average Bonchev–Trinajstić information content (AvgIpc) is 3.39. The Hall–Kier alpha value is -2.85. The molecule has 0 spiro atoms. The van der Waals surface area contributed by atoms with E-state index in [2.05, 4.69) is 20.9 Å². The summed E-state index contributed by atoms with van der Waals surface area (Å²) in [6.07, 6.45) is 0. The molecule has 1 N–H and O–H groups in total. The van der Waals surface area contributed by atoms with E-state index in [1.165, 1.54) is 16.7 Å². The molecule has 6 rings (SSSR count). The third kappa shape index (κ3) is 4.41. The van der Waals surface area contributed by atoms with Crippen molar-refractivity contribution in [2.45, 2.75) is 29.7 Å². The number of ether oxygens (including phenoxy) is 1. The quantitative estimate of drug-likeness (QED) is 0.255. The highest BCUT2D eigenvalue weighted by Crippen LogP contribution is 2.54. The second kappa shape index (κ2) is 10.0. The van der Waals surface area contributed by atoms with Crippen LogP contribution in [-0.4, -0.2) is 22.0 Å². The number of hydrogen-bond donors (Lipinski definition) is 1. The van der Waals surface area contributed by atoms with E-state index in [0.29, 0.717) is 38.5 Å². The molecule has 3 heterocycles. The summed E-state index contributed by atoms with van der Waals surface area (Å²) in [6, 6.07) is 20.3. The van der Waals surface area contributed by atoms with Crippen molar-refractivity contribution < 1.29 is 14.3 Å². The van der Waals surface area contributed by atoms with Crippen molar-refractivity contribution in [3.63, 3.8) is 0 Å². The molecule has 1 saturated heterocycles. The number of aryl methyl sites for hydroxylation is 1. The van der Waals surface area contributed by atoms with Gasteiger partial charge in [-0.15, -0.1) is 0 Å². The number of halogens is 2. The summed E-state index contributed by atoms with van der Waals surface area (Å²) in [7, 11) is 0. The topological polar surface area (TPSA) is 79.5 Å². The van der Waals surface area contributed by atoms with Crippen LogP contribution in [0.4, 0.5) is 5.69 Å². The van der Waals surface area contributed by atoms with Crippen molar-refractivity contribution in [2.24, 2.45) is 5.92 Å². The lowest BCUT2D eigenvalue weighted by molar-refractivity contribution is -0.122. The zero-order chi connectivity index (χ0) is 26.6. The SMILES string of the molecule is Cc1ccccc1COc1ccc(Cl)cc1C1c2sc(=O)[nH]c2SC2C(=O)N(c3ccc(Br)cc3)C(=O)C21. The number of imide groups is 1. The maximum atomic E-state index is 14.0. The van der Waals surface area contributed by atoms with Crippen molar-refractivity contribution in [1.29, 1.82) is 0 Å². The lowest BCUT2D eigenvalue weighted by Gasteiger charge is -2.31. The number of carbonyl (C=O) groups excluding carboxylic acids is 2. The van der Waals surface area contributed by atoms with E-state index in [0.717, 1.165) is 26.9 Å². The number of benzene rings is 3. The Labute approximate surface area is 240 Å². The smallest absolute Gasteiger partial charge is 0.305 e. The molecule has 6 nitrogen and oxygen atoms in total. The number of amides is 2. The molecule has 3 aromatic carbocycles. The monoisotopic (exact) mass is 626 g/mol. The van der Waals surface area contributed by atoms with Gasteiger partial charge in [-0.25, -0.2) is 4.90 Å². The molecule has 192 valence electrons. The molecule has 38 heavy (non-hydrogen) atoms. The van der Waals surface area contributed by atoms with Crippen LogP contribution in [0.25, 0.3) is 0 Å². The lowest BCUT2D eigenvalue weighted by Crippen LogP contribution is -2.32. The highest BCUT2D eigenvalue weighted by Gasteiger charge is 2.56. The summed E-state index contributed by atoms with van der Waals surface area (Å²) in [5.74, 6) is -1.37. The number of thiazole rings is 1. The van der Waals surface area contributed by atoms with E-state index in [9.17, 15) is 14.4 Å². The second-order valence-corrected chi connectivity index (χ2v) is 12.7. The number of nitrogens with zero attached hydrogens (tertiary/aromatic N) is 1. The van der Waals surface area contributed by atoms with Gasteiger partial charge in [0.1, 0.15) is 17.6 Å². The molecule has 4 aromatic rings. The molecule has 1 fully saturated rings. The Balaban J connectivity index is 1.45. The van der Waals surface area contributed by atoms with Crippen LogP contribution in [-0.2, 0) is 16.2 Å². The van der Waals surface area contributed by atoms with Crippen LogP contribution in [0.5, 0.6) is 5.75 Å². The molecule has 0 saturated carbocycles. The van der Waals surface area contributed by atoms with Crippen LogP contribution in [0.1, 0.15) is 27.5 Å². The number of aromatic nitrogens is 1. The van der Waals surface area contributed by atoms with Crippen molar-refractivity contribution in [1.82, 2.24) is 4.98 Å². The Morgan fingerprint density at radius 3 is 2.55 bits per heavy atom. The fourth-order valence-corrected chi connectivity index (χ4v) is 7.97. The minimum absolute atomic E-state index is 0.235. The molecule has 0 bridgehead atoms. The Morgan fingerprint density at radius 2 is 1.79 bits per heavy atom. The van der Waals surface area contributed by atoms with Crippen LogP contribution < -0.4 is 14.5 Å². The number of anilines is 1. The van der Waals surface area contributed by atoms with Crippen LogP contribution in [0, 0.1) is 12.8 Å². The van der Waals surface area contributed by atoms with Gasteiger partial charge in [0, 0.05) is 25.9 Å². The molecule has 1 aromatic heterocycles. The number of aromatic amines is 1. The van der Waals surface area contributed by atoms with Crippen molar-refractivity contribution in [2.75, 3.05) is 4.90 Å². The van der Waals surface area contributed by atoms with Crippen molar-refractivity contribution in [3.8, 4) is 5.75 Å². The van der Waals surface area contributed by atoms with Gasteiger partial charge in [0.05, 0.1) is 16.6 Å². The number of thioether (sulfide) groups is 1. The van der Waals surface area contributed by atoms with Gasteiger partial charge in [0.25, 0.3) is 0 Å². The Morgan fingerprint density at radius 1 is 1.03 bits per heavy atom. The van der Waals surface area contributed by atoms with E-state index in [1.807, 2.05) is 31.2 Å². The van der Waals surface area contributed by atoms with E-state index < -0.39 is 17.1 Å². The Bertz CT molecular complexity index is 1630. The van der Waals surface area contributed by atoms with Gasteiger partial charge < -0.3 is 9.72 Å². The summed E-state index contributed by atoms with van der Waals surface area (Å²) in [4.78, 5) is 44.7. The molecule has 10 heteroatoms. The van der Waals surface area contributed by atoms with Crippen LogP contribution in [0.15, 0.2) is 81.0 Å². The maximum Gasteiger partial charge on any atom is 0.305 e. The van der Waals surface area contributed by atoms with Crippen molar-refractivity contribution in [3.05, 3.63) is 107 Å². The van der Waals surface area contributed by atoms with E-state index in [-0.39, 0.29) is 16.7 Å². The van der Waals surface area contributed by atoms with Gasteiger partial charge in [-0.2, -0.15) is 0 Å². The first-order valence-electron chi connectivity index (χ1n) is 11.8. The molecule has 2 amide bonds. The fraction of sp³-hybridized carbons (Fsp3) is 0.179. The van der Waals surface area contributed by atoms with E-state index >= 15 is 0 Å². The first-order valence-corrected chi connectivity index (χ1v) is 14.7. The number of rotatable bonds is 5. The predicted molar refractivity (Wildman–Crippen MR) is 154 cm³/mol. The Kier molecular flexibility index (Phi) is 6.72. The number of fused-ring (bicyclic) bond motifs is 2. The molecule has 2 aliphatic heterocycles. The molecule has 2 aliphatic rings. The maximum absolute atomic E-state index is 14.0. The molecular weight excluding hydrogens is 608 g/mol. The third-order valence-corrected chi connectivity index (χ3v) is 10.0. The average molecular weight is 628 g/mol. The van der Waals surface area contributed by atoms with Crippen LogP contribution in [0.2, 0.25) is 5.02 Å².